The smallest absolute Gasteiger partial charge is 0.325 e. The summed E-state index contributed by atoms with van der Waals surface area (Å²) < 4.78 is 0. The predicted molar refractivity (Wildman–Crippen MR) is 179 cm³/mol. The fraction of sp³-hybridized carbons (Fsp3) is 0.361. The van der Waals surface area contributed by atoms with E-state index in [1.807, 2.05) is 48.8 Å². The van der Waals surface area contributed by atoms with E-state index in [9.17, 15) is 19.5 Å². The first-order chi connectivity index (χ1) is 21.5. The number of rotatable bonds is 11. The number of aromatic nitrogens is 2. The van der Waals surface area contributed by atoms with Gasteiger partial charge in [-0.2, -0.15) is 0 Å². The molecule has 5 rings (SSSR count). The van der Waals surface area contributed by atoms with E-state index in [4.69, 9.17) is 0 Å². The number of carbonyl (C=O) groups is 3. The van der Waals surface area contributed by atoms with Crippen LogP contribution in [0.1, 0.15) is 67.1 Å². The third-order valence-electron chi connectivity index (χ3n) is 8.17. The molecule has 4 aromatic rings. The number of carboxylic acids is 1. The maximum absolute atomic E-state index is 13.3. The number of ketones is 1. The number of hydrogen-bond acceptors (Lipinski definition) is 7. The van der Waals surface area contributed by atoms with Crippen molar-refractivity contribution in [2.75, 3.05) is 18.0 Å². The van der Waals surface area contributed by atoms with E-state index in [2.05, 4.69) is 65.2 Å². The fourth-order valence-corrected chi connectivity index (χ4v) is 6.42. The van der Waals surface area contributed by atoms with E-state index in [1.54, 1.807) is 0 Å². The second-order valence-corrected chi connectivity index (χ2v) is 13.8. The van der Waals surface area contributed by atoms with E-state index in [1.165, 1.54) is 36.8 Å². The minimum atomic E-state index is -1.13. The van der Waals surface area contributed by atoms with Gasteiger partial charge in [-0.25, -0.2) is 9.97 Å². The molecule has 1 fully saturated rings. The van der Waals surface area contributed by atoms with Crippen molar-refractivity contribution >= 4 is 34.7 Å². The lowest BCUT2D eigenvalue weighted by atomic mass is 9.92. The maximum atomic E-state index is 13.3. The summed E-state index contributed by atoms with van der Waals surface area (Å²) in [6, 6.07) is 18.8. The van der Waals surface area contributed by atoms with Gasteiger partial charge in [-0.05, 0) is 67.0 Å². The van der Waals surface area contributed by atoms with Gasteiger partial charge in [-0.15, -0.1) is 11.3 Å². The highest BCUT2D eigenvalue weighted by molar-refractivity contribution is 7.14. The Morgan fingerprint density at radius 1 is 0.889 bits per heavy atom. The molecular weight excluding hydrogens is 584 g/mol. The number of Topliss-reactive ketones (excluding diaryl/α,β-unsaturated/α-hetero) is 1. The van der Waals surface area contributed by atoms with Crippen LogP contribution >= 0.6 is 11.3 Å². The summed E-state index contributed by atoms with van der Waals surface area (Å²) in [6.45, 7) is 9.91. The maximum Gasteiger partial charge on any atom is 0.325 e. The molecule has 3 heterocycles. The molecule has 2 aromatic heterocycles. The monoisotopic (exact) mass is 624 g/mol. The molecule has 0 spiro atoms. The van der Waals surface area contributed by atoms with Crippen LogP contribution in [0.2, 0.25) is 0 Å². The second kappa shape index (κ2) is 13.7. The number of carbonyl (C=O) groups excluding carboxylic acids is 2. The minimum absolute atomic E-state index is 0.0202. The Morgan fingerprint density at radius 2 is 1.51 bits per heavy atom. The average Bonchev–Trinajstić information content (AvgIpc) is 3.75. The Hall–Kier alpha value is -4.37. The fourth-order valence-electron chi connectivity index (χ4n) is 5.41. The first-order valence-electron chi connectivity index (χ1n) is 15.4. The summed E-state index contributed by atoms with van der Waals surface area (Å²) in [4.78, 5) is 51.1. The van der Waals surface area contributed by atoms with Gasteiger partial charge < -0.3 is 15.3 Å². The number of thiophene rings is 1. The average molecular weight is 625 g/mol. The Balaban J connectivity index is 1.27. The first kappa shape index (κ1) is 32.0. The van der Waals surface area contributed by atoms with Gasteiger partial charge in [0.1, 0.15) is 6.04 Å². The summed E-state index contributed by atoms with van der Waals surface area (Å²) >= 11 is 1.44. The van der Waals surface area contributed by atoms with E-state index in [-0.39, 0.29) is 24.0 Å². The van der Waals surface area contributed by atoms with Crippen LogP contribution < -0.4 is 10.2 Å². The number of anilines is 1. The van der Waals surface area contributed by atoms with Gasteiger partial charge in [0, 0.05) is 59.5 Å². The molecule has 0 saturated carbocycles. The van der Waals surface area contributed by atoms with E-state index in [0.717, 1.165) is 40.2 Å². The van der Waals surface area contributed by atoms with Crippen LogP contribution in [-0.2, 0) is 21.4 Å². The van der Waals surface area contributed by atoms with Crippen LogP contribution in [-0.4, -0.2) is 51.9 Å². The SMILES string of the molecule is C[C@@H](NC(=O)[C@@H](CC(=O)c1ccc(C(C)(C)C)s1)Cc1ccc(-c2ncc(-c3ccc(N4CCCC4)cc3)cn2)cc1)C(=O)O. The van der Waals surface area contributed by atoms with Crippen molar-refractivity contribution in [3.05, 3.63) is 88.4 Å². The third kappa shape index (κ3) is 8.02. The summed E-state index contributed by atoms with van der Waals surface area (Å²) in [5, 5.41) is 11.9. The number of hydrogen-bond donors (Lipinski definition) is 2. The number of benzene rings is 2. The number of nitrogens with zero attached hydrogens (tertiary/aromatic N) is 3. The Kier molecular flexibility index (Phi) is 9.77. The van der Waals surface area contributed by atoms with Gasteiger partial charge in [0.15, 0.2) is 11.6 Å². The summed E-state index contributed by atoms with van der Waals surface area (Å²) in [6.07, 6.45) is 6.41. The molecular formula is C36H40N4O4S. The zero-order valence-electron chi connectivity index (χ0n) is 26.2. The molecule has 1 saturated heterocycles. The quantitative estimate of drug-likeness (QED) is 0.177. The van der Waals surface area contributed by atoms with Crippen molar-refractivity contribution in [1.82, 2.24) is 15.3 Å². The number of aliphatic carboxylic acids is 1. The molecule has 1 aliphatic rings. The van der Waals surface area contributed by atoms with Gasteiger partial charge in [-0.1, -0.05) is 57.2 Å². The summed E-state index contributed by atoms with van der Waals surface area (Å²) in [5.41, 5.74) is 4.86. The van der Waals surface area contributed by atoms with Gasteiger partial charge in [0.25, 0.3) is 0 Å². The predicted octanol–water partition coefficient (Wildman–Crippen LogP) is 6.79. The van der Waals surface area contributed by atoms with Gasteiger partial charge in [-0.3, -0.25) is 14.4 Å². The van der Waals surface area contributed by atoms with Crippen molar-refractivity contribution in [2.24, 2.45) is 5.92 Å². The van der Waals surface area contributed by atoms with Crippen LogP contribution in [0.3, 0.4) is 0 Å². The van der Waals surface area contributed by atoms with Crippen LogP contribution in [0, 0.1) is 5.92 Å². The van der Waals surface area contributed by atoms with Crippen molar-refractivity contribution in [2.45, 2.75) is 64.8 Å². The van der Waals surface area contributed by atoms with Gasteiger partial charge in [0.05, 0.1) is 4.88 Å². The second-order valence-electron chi connectivity index (χ2n) is 12.7. The molecule has 0 bridgehead atoms. The number of carboxylic acid groups (broad SMARTS) is 1. The normalized spacial score (nSPS) is 14.6. The van der Waals surface area contributed by atoms with Gasteiger partial charge in [0.2, 0.25) is 5.91 Å². The van der Waals surface area contributed by atoms with E-state index in [0.29, 0.717) is 10.7 Å². The molecule has 2 aromatic carbocycles. The summed E-state index contributed by atoms with van der Waals surface area (Å²) in [5.74, 6) is -1.85. The molecule has 45 heavy (non-hydrogen) atoms. The lowest BCUT2D eigenvalue weighted by molar-refractivity contribution is -0.141. The van der Waals surface area contributed by atoms with Crippen LogP contribution in [0.25, 0.3) is 22.5 Å². The topological polar surface area (TPSA) is 112 Å². The molecule has 1 aliphatic heterocycles. The molecule has 0 radical (unpaired) electrons. The van der Waals surface area contributed by atoms with Crippen molar-refractivity contribution < 1.29 is 19.5 Å². The lowest BCUT2D eigenvalue weighted by Crippen LogP contribution is -2.42. The minimum Gasteiger partial charge on any atom is -0.480 e. The molecule has 2 atom stereocenters. The van der Waals surface area contributed by atoms with Crippen molar-refractivity contribution in [3.63, 3.8) is 0 Å². The highest BCUT2D eigenvalue weighted by atomic mass is 32.1. The van der Waals surface area contributed by atoms with Gasteiger partial charge >= 0.3 is 5.97 Å². The molecule has 234 valence electrons. The zero-order valence-corrected chi connectivity index (χ0v) is 27.1. The van der Waals surface area contributed by atoms with Crippen LogP contribution in [0.5, 0.6) is 0 Å². The largest absolute Gasteiger partial charge is 0.480 e. The highest BCUT2D eigenvalue weighted by Crippen LogP contribution is 2.31. The third-order valence-corrected chi connectivity index (χ3v) is 9.72. The molecule has 0 aliphatic carbocycles. The summed E-state index contributed by atoms with van der Waals surface area (Å²) in [7, 11) is 0. The standard InChI is InChI=1S/C36H40N4O4S/c1-23(35(43)44)39-34(42)27(20-30(41)31-15-16-32(45-31)36(2,3)4)19-24-7-9-26(10-8-24)33-37-21-28(22-38-33)25-11-13-29(14-12-25)40-17-5-6-18-40/h7-16,21-23,27H,5-6,17-20H2,1-4H3,(H,39,42)(H,43,44)/t23-,27-/m1/s1. The van der Waals surface area contributed by atoms with Crippen molar-refractivity contribution in [1.29, 1.82) is 0 Å². The number of nitrogens with one attached hydrogen (secondary N) is 1. The highest BCUT2D eigenvalue weighted by Gasteiger charge is 2.27. The Labute approximate surface area is 268 Å². The number of amides is 1. The zero-order chi connectivity index (χ0) is 32.1. The Bertz CT molecular complexity index is 1630. The van der Waals surface area contributed by atoms with E-state index >= 15 is 0 Å². The first-order valence-corrected chi connectivity index (χ1v) is 16.2. The molecule has 8 nitrogen and oxygen atoms in total. The Morgan fingerprint density at radius 3 is 2.09 bits per heavy atom. The molecule has 1 amide bonds. The lowest BCUT2D eigenvalue weighted by Gasteiger charge is -2.18. The van der Waals surface area contributed by atoms with E-state index < -0.39 is 23.8 Å². The van der Waals surface area contributed by atoms with Crippen LogP contribution in [0.15, 0.2) is 73.1 Å². The molecule has 9 heteroatoms. The van der Waals surface area contributed by atoms with Crippen molar-refractivity contribution in [3.8, 4) is 22.5 Å². The molecule has 0 unspecified atom stereocenters. The molecule has 2 N–H and O–H groups in total. The van der Waals surface area contributed by atoms with Crippen LogP contribution in [0.4, 0.5) is 5.69 Å².